The quantitative estimate of drug-likeness (QED) is 0.760. The van der Waals surface area contributed by atoms with E-state index in [9.17, 15) is 0 Å². The number of aromatic nitrogens is 2. The van der Waals surface area contributed by atoms with Crippen LogP contribution in [0.5, 0.6) is 11.8 Å². The molecule has 5 nitrogen and oxygen atoms in total. The fraction of sp³-hybridized carbons (Fsp3) is 0.500. The van der Waals surface area contributed by atoms with Crippen molar-refractivity contribution >= 4 is 16.6 Å². The van der Waals surface area contributed by atoms with E-state index in [1.54, 1.807) is 20.3 Å². The van der Waals surface area contributed by atoms with E-state index in [4.69, 9.17) is 9.47 Å². The molecular formula is C8H13N3O2S. The second-order valence-electron chi connectivity index (χ2n) is 2.62. The molecule has 0 saturated carbocycles. The van der Waals surface area contributed by atoms with Gasteiger partial charge >= 0.3 is 0 Å². The topological polar surface area (TPSA) is 56.6 Å². The zero-order valence-electron chi connectivity index (χ0n) is 8.64. The van der Waals surface area contributed by atoms with Crippen LogP contribution < -0.4 is 9.47 Å². The summed E-state index contributed by atoms with van der Waals surface area (Å²) in [6.07, 6.45) is 3.96. The number of methoxy groups -OCH3 is 2. The molecule has 0 spiro atoms. The fourth-order valence-corrected chi connectivity index (χ4v) is 1.21. The summed E-state index contributed by atoms with van der Waals surface area (Å²) in [6.45, 7) is 0. The van der Waals surface area contributed by atoms with E-state index in [0.29, 0.717) is 17.7 Å². The van der Waals surface area contributed by atoms with Gasteiger partial charge in [-0.25, -0.2) is 0 Å². The standard InChI is InChI=1S/C8H13N3O2S/c1-12-6-5-7(13-2)10-8(9-6)11-14(3)4/h5H,1-4H3. The van der Waals surface area contributed by atoms with E-state index in [2.05, 4.69) is 14.3 Å². The monoisotopic (exact) mass is 215 g/mol. The third-order valence-corrected chi connectivity index (χ3v) is 1.88. The van der Waals surface area contributed by atoms with E-state index in [1.807, 2.05) is 12.5 Å². The Bertz CT molecular complexity index is 328. The summed E-state index contributed by atoms with van der Waals surface area (Å²) >= 11 is 0. The summed E-state index contributed by atoms with van der Waals surface area (Å²) in [6, 6.07) is 1.61. The number of nitrogens with zero attached hydrogens (tertiary/aromatic N) is 3. The van der Waals surface area contributed by atoms with Crippen LogP contribution in [0.3, 0.4) is 0 Å². The average Bonchev–Trinajstić information content (AvgIpc) is 2.16. The third-order valence-electron chi connectivity index (χ3n) is 1.35. The molecule has 0 fully saturated rings. The number of rotatable bonds is 3. The smallest absolute Gasteiger partial charge is 0.262 e. The summed E-state index contributed by atoms with van der Waals surface area (Å²) in [7, 11) is 2.99. The summed E-state index contributed by atoms with van der Waals surface area (Å²) in [4.78, 5) is 8.13. The summed E-state index contributed by atoms with van der Waals surface area (Å²) in [5.74, 6) is 1.32. The zero-order valence-corrected chi connectivity index (χ0v) is 9.46. The van der Waals surface area contributed by atoms with Gasteiger partial charge in [-0.2, -0.15) is 14.3 Å². The average molecular weight is 215 g/mol. The molecule has 0 amide bonds. The molecule has 0 N–H and O–H groups in total. The van der Waals surface area contributed by atoms with Crippen LogP contribution in [0.1, 0.15) is 0 Å². The van der Waals surface area contributed by atoms with Gasteiger partial charge in [0.2, 0.25) is 11.8 Å². The van der Waals surface area contributed by atoms with Crippen LogP contribution >= 0.6 is 0 Å². The first-order chi connectivity index (χ1) is 6.65. The zero-order chi connectivity index (χ0) is 10.6. The Hall–Kier alpha value is -1.17. The molecular weight excluding hydrogens is 202 g/mol. The van der Waals surface area contributed by atoms with Crippen molar-refractivity contribution in [1.82, 2.24) is 9.97 Å². The van der Waals surface area contributed by atoms with Crippen LogP contribution in [0.4, 0.5) is 5.95 Å². The summed E-state index contributed by atoms with van der Waals surface area (Å²) in [5, 5.41) is 0. The predicted octanol–water partition coefficient (Wildman–Crippen LogP) is 1.19. The van der Waals surface area contributed by atoms with Gasteiger partial charge in [0.25, 0.3) is 5.95 Å². The van der Waals surface area contributed by atoms with Crippen molar-refractivity contribution in [2.75, 3.05) is 26.7 Å². The minimum Gasteiger partial charge on any atom is -0.481 e. The van der Waals surface area contributed by atoms with Crippen molar-refractivity contribution in [2.24, 2.45) is 4.36 Å². The minimum atomic E-state index is -0.0982. The molecule has 0 aliphatic carbocycles. The molecule has 78 valence electrons. The van der Waals surface area contributed by atoms with E-state index in [1.165, 1.54) is 0 Å². The van der Waals surface area contributed by atoms with Crippen LogP contribution in [0, 0.1) is 0 Å². The first-order valence-corrected chi connectivity index (χ1v) is 5.92. The molecule has 0 atom stereocenters. The minimum absolute atomic E-state index is 0.0982. The molecule has 0 aliphatic rings. The third kappa shape index (κ3) is 2.95. The van der Waals surface area contributed by atoms with Gasteiger partial charge in [-0.1, -0.05) is 10.7 Å². The number of hydrogen-bond acceptors (Lipinski definition) is 5. The van der Waals surface area contributed by atoms with Crippen molar-refractivity contribution in [3.63, 3.8) is 0 Å². The maximum Gasteiger partial charge on any atom is 0.262 e. The Balaban J connectivity index is 3.10. The van der Waals surface area contributed by atoms with Crippen molar-refractivity contribution in [2.45, 2.75) is 0 Å². The molecule has 14 heavy (non-hydrogen) atoms. The maximum absolute atomic E-state index is 4.99. The summed E-state index contributed by atoms with van der Waals surface area (Å²) in [5.41, 5.74) is 0. The highest BCUT2D eigenvalue weighted by Gasteiger charge is 2.03. The number of ether oxygens (including phenoxy) is 2. The van der Waals surface area contributed by atoms with Crippen molar-refractivity contribution < 1.29 is 9.47 Å². The van der Waals surface area contributed by atoms with Crippen LogP contribution in [-0.2, 0) is 10.7 Å². The molecule has 0 radical (unpaired) electrons. The lowest BCUT2D eigenvalue weighted by atomic mass is 10.6. The molecule has 0 unspecified atom stereocenters. The molecule has 0 saturated heterocycles. The van der Waals surface area contributed by atoms with Crippen molar-refractivity contribution in [3.8, 4) is 11.8 Å². The summed E-state index contributed by atoms with van der Waals surface area (Å²) < 4.78 is 14.2. The van der Waals surface area contributed by atoms with Gasteiger partial charge in [0.15, 0.2) is 0 Å². The van der Waals surface area contributed by atoms with Gasteiger partial charge in [0, 0.05) is 0 Å². The molecule has 1 aromatic rings. The molecule has 0 bridgehead atoms. The van der Waals surface area contributed by atoms with Crippen molar-refractivity contribution in [3.05, 3.63) is 6.07 Å². The Kier molecular flexibility index (Phi) is 3.82. The van der Waals surface area contributed by atoms with Crippen LogP contribution in [0.2, 0.25) is 0 Å². The molecule has 1 heterocycles. The van der Waals surface area contributed by atoms with Gasteiger partial charge in [0.05, 0.1) is 20.3 Å². The second kappa shape index (κ2) is 4.90. The molecule has 0 aromatic carbocycles. The Morgan fingerprint density at radius 3 is 2.00 bits per heavy atom. The molecule has 1 rings (SSSR count). The van der Waals surface area contributed by atoms with Gasteiger partial charge in [-0.3, -0.25) is 0 Å². The normalized spacial score (nSPS) is 10.1. The lowest BCUT2D eigenvalue weighted by molar-refractivity contribution is 0.372. The second-order valence-corrected chi connectivity index (χ2v) is 4.35. The van der Waals surface area contributed by atoms with Crippen LogP contribution in [-0.4, -0.2) is 36.7 Å². The number of hydrogen-bond donors (Lipinski definition) is 0. The Morgan fingerprint density at radius 2 is 1.64 bits per heavy atom. The van der Waals surface area contributed by atoms with Crippen LogP contribution in [0.15, 0.2) is 10.4 Å². The van der Waals surface area contributed by atoms with E-state index in [-0.39, 0.29) is 10.7 Å². The fourth-order valence-electron chi connectivity index (χ4n) is 0.806. The Labute approximate surface area is 85.6 Å². The SMILES string of the molecule is COc1cc(OC)nc(N=S(C)C)n1. The van der Waals surface area contributed by atoms with E-state index in [0.717, 1.165) is 0 Å². The molecule has 0 aliphatic heterocycles. The lowest BCUT2D eigenvalue weighted by Gasteiger charge is -2.03. The highest BCUT2D eigenvalue weighted by Crippen LogP contribution is 2.19. The highest BCUT2D eigenvalue weighted by molar-refractivity contribution is 7.85. The predicted molar refractivity (Wildman–Crippen MR) is 56.4 cm³/mol. The lowest BCUT2D eigenvalue weighted by Crippen LogP contribution is -1.94. The van der Waals surface area contributed by atoms with Gasteiger partial charge in [0.1, 0.15) is 0 Å². The largest absolute Gasteiger partial charge is 0.481 e. The van der Waals surface area contributed by atoms with Crippen LogP contribution in [0.25, 0.3) is 0 Å². The maximum atomic E-state index is 4.99. The van der Waals surface area contributed by atoms with E-state index >= 15 is 0 Å². The van der Waals surface area contributed by atoms with Crippen molar-refractivity contribution in [1.29, 1.82) is 0 Å². The Morgan fingerprint density at radius 1 is 1.14 bits per heavy atom. The first kappa shape index (κ1) is 10.9. The molecule has 6 heteroatoms. The van der Waals surface area contributed by atoms with Gasteiger partial charge in [-0.15, -0.1) is 0 Å². The molecule has 1 aromatic heterocycles. The first-order valence-electron chi connectivity index (χ1n) is 3.92. The highest BCUT2D eigenvalue weighted by atomic mass is 32.2. The van der Waals surface area contributed by atoms with E-state index < -0.39 is 0 Å². The van der Waals surface area contributed by atoms with Gasteiger partial charge in [-0.05, 0) is 12.5 Å². The van der Waals surface area contributed by atoms with Gasteiger partial charge < -0.3 is 9.47 Å².